The Hall–Kier alpha value is -3.25. The highest BCUT2D eigenvalue weighted by atomic mass is 16.5. The van der Waals surface area contributed by atoms with Crippen LogP contribution in [0.25, 0.3) is 11.3 Å². The van der Waals surface area contributed by atoms with E-state index in [0.717, 1.165) is 22.4 Å². The quantitative estimate of drug-likeness (QED) is 0.716. The van der Waals surface area contributed by atoms with Crippen molar-refractivity contribution in [3.8, 4) is 11.3 Å². The molecule has 2 aromatic carbocycles. The molecule has 1 aromatic heterocycles. The molecular weight excluding hydrogens is 366 g/mol. The van der Waals surface area contributed by atoms with Crippen molar-refractivity contribution in [3.63, 3.8) is 0 Å². The topological polar surface area (TPSA) is 84.1 Å². The van der Waals surface area contributed by atoms with Crippen LogP contribution in [0.2, 0.25) is 0 Å². The molecule has 1 spiro atoms. The lowest BCUT2D eigenvalue weighted by Crippen LogP contribution is -2.43. The number of hydrogen-bond donors (Lipinski definition) is 2. The zero-order valence-corrected chi connectivity index (χ0v) is 15.9. The van der Waals surface area contributed by atoms with Gasteiger partial charge in [-0.25, -0.2) is 0 Å². The maximum Gasteiger partial charge on any atom is 0.229 e. The highest BCUT2D eigenvalue weighted by Gasteiger charge is 2.50. The van der Waals surface area contributed by atoms with Crippen molar-refractivity contribution in [2.24, 2.45) is 5.92 Å². The largest absolute Gasteiger partial charge is 0.358 e. The first kappa shape index (κ1) is 17.8. The van der Waals surface area contributed by atoms with Gasteiger partial charge >= 0.3 is 0 Å². The van der Waals surface area contributed by atoms with Crippen LogP contribution in [0.15, 0.2) is 60.7 Å². The van der Waals surface area contributed by atoms with Crippen LogP contribution in [0.5, 0.6) is 0 Å². The minimum absolute atomic E-state index is 0.0131. The molecule has 2 unspecified atom stereocenters. The Morgan fingerprint density at radius 1 is 1.14 bits per heavy atom. The van der Waals surface area contributed by atoms with E-state index in [1.165, 1.54) is 0 Å². The number of ketones is 1. The smallest absolute Gasteiger partial charge is 0.229 e. The van der Waals surface area contributed by atoms with Crippen molar-refractivity contribution in [2.75, 3.05) is 5.32 Å². The summed E-state index contributed by atoms with van der Waals surface area (Å²) in [6, 6.07) is 19.4. The third-order valence-electron chi connectivity index (χ3n) is 5.94. The van der Waals surface area contributed by atoms with Gasteiger partial charge in [0.15, 0.2) is 17.2 Å². The average molecular weight is 387 g/mol. The van der Waals surface area contributed by atoms with Crippen molar-refractivity contribution in [1.82, 2.24) is 10.2 Å². The van der Waals surface area contributed by atoms with E-state index in [9.17, 15) is 9.59 Å². The summed E-state index contributed by atoms with van der Waals surface area (Å²) in [5.41, 5.74) is 2.97. The van der Waals surface area contributed by atoms with Crippen molar-refractivity contribution in [3.05, 3.63) is 71.8 Å². The number of nitrogens with zero attached hydrogens (tertiary/aromatic N) is 1. The average Bonchev–Trinajstić information content (AvgIpc) is 3.37. The van der Waals surface area contributed by atoms with Crippen molar-refractivity contribution in [2.45, 2.75) is 31.5 Å². The summed E-state index contributed by atoms with van der Waals surface area (Å²) >= 11 is 0. The van der Waals surface area contributed by atoms with Gasteiger partial charge in [0.05, 0.1) is 12.3 Å². The lowest BCUT2D eigenvalue weighted by Gasteiger charge is -2.35. The Kier molecular flexibility index (Phi) is 4.28. The zero-order chi connectivity index (χ0) is 19.8. The summed E-state index contributed by atoms with van der Waals surface area (Å²) < 4.78 is 5.96. The number of aromatic amines is 1. The van der Waals surface area contributed by atoms with Crippen LogP contribution < -0.4 is 5.32 Å². The Morgan fingerprint density at radius 2 is 1.93 bits per heavy atom. The Bertz CT molecular complexity index is 1080. The van der Waals surface area contributed by atoms with E-state index in [1.807, 2.05) is 54.6 Å². The molecular formula is C23H21N3O3. The number of carbonyl (C=O) groups excluding carboxylic acids is 2. The van der Waals surface area contributed by atoms with Crippen LogP contribution in [0.1, 0.15) is 30.4 Å². The molecule has 5 rings (SSSR count). The number of hydrogen-bond acceptors (Lipinski definition) is 4. The van der Waals surface area contributed by atoms with E-state index in [-0.39, 0.29) is 24.0 Å². The summed E-state index contributed by atoms with van der Waals surface area (Å²) in [6.07, 6.45) is 1.30. The molecule has 0 radical (unpaired) electrons. The fraction of sp³-hybridized carbons (Fsp3) is 0.261. The number of rotatable bonds is 3. The number of benzene rings is 2. The van der Waals surface area contributed by atoms with Crippen LogP contribution in [0.3, 0.4) is 0 Å². The van der Waals surface area contributed by atoms with Gasteiger partial charge in [-0.15, -0.1) is 0 Å². The number of fused-ring (bicyclic) bond motifs is 2. The minimum atomic E-state index is -0.875. The number of carbonyl (C=O) groups is 2. The van der Waals surface area contributed by atoms with Gasteiger partial charge in [-0.2, -0.15) is 5.10 Å². The molecule has 6 heteroatoms. The van der Waals surface area contributed by atoms with Gasteiger partial charge in [-0.05, 0) is 29.5 Å². The predicted molar refractivity (Wildman–Crippen MR) is 108 cm³/mol. The number of nitrogens with one attached hydrogen (secondary N) is 2. The molecule has 1 saturated carbocycles. The molecule has 1 fully saturated rings. The summed E-state index contributed by atoms with van der Waals surface area (Å²) in [5, 5.41) is 9.96. The lowest BCUT2D eigenvalue weighted by molar-refractivity contribution is -0.153. The second kappa shape index (κ2) is 6.97. The summed E-state index contributed by atoms with van der Waals surface area (Å²) in [4.78, 5) is 25.8. The maximum atomic E-state index is 13.0. The van der Waals surface area contributed by atoms with Crippen molar-refractivity contribution in [1.29, 1.82) is 0 Å². The highest BCUT2D eigenvalue weighted by Crippen LogP contribution is 2.46. The number of anilines is 1. The van der Waals surface area contributed by atoms with E-state index >= 15 is 0 Å². The van der Waals surface area contributed by atoms with Crippen LogP contribution >= 0.6 is 0 Å². The summed E-state index contributed by atoms with van der Waals surface area (Å²) in [7, 11) is 0. The molecule has 3 aromatic rings. The van der Waals surface area contributed by atoms with Crippen LogP contribution in [0.4, 0.5) is 5.82 Å². The molecule has 29 heavy (non-hydrogen) atoms. The number of H-pyrrole nitrogens is 1. The SMILES string of the molecule is O=C(Nc1cc(-c2ccccc2)[nH]n1)C1CCC2(OCc3ccccc32)C(=O)C1. The molecule has 1 amide bonds. The molecule has 2 N–H and O–H groups in total. The van der Waals surface area contributed by atoms with Gasteiger partial charge in [0, 0.05) is 18.4 Å². The van der Waals surface area contributed by atoms with Gasteiger partial charge in [-0.1, -0.05) is 54.6 Å². The first-order chi connectivity index (χ1) is 14.2. The first-order valence-electron chi connectivity index (χ1n) is 9.83. The third kappa shape index (κ3) is 3.06. The van der Waals surface area contributed by atoms with E-state index < -0.39 is 5.60 Å². The first-order valence-corrected chi connectivity index (χ1v) is 9.83. The molecule has 0 bridgehead atoms. The van der Waals surface area contributed by atoms with E-state index in [4.69, 9.17) is 4.74 Å². The molecule has 1 aliphatic heterocycles. The third-order valence-corrected chi connectivity index (χ3v) is 5.94. The second-order valence-corrected chi connectivity index (χ2v) is 7.66. The van der Waals surface area contributed by atoms with Crippen molar-refractivity contribution < 1.29 is 14.3 Å². The molecule has 2 atom stereocenters. The van der Waals surface area contributed by atoms with Crippen LogP contribution in [0, 0.1) is 5.92 Å². The van der Waals surface area contributed by atoms with Crippen LogP contribution in [-0.2, 0) is 26.5 Å². The predicted octanol–water partition coefficient (Wildman–Crippen LogP) is 3.81. The minimum Gasteiger partial charge on any atom is -0.358 e. The zero-order valence-electron chi connectivity index (χ0n) is 15.9. The second-order valence-electron chi connectivity index (χ2n) is 7.66. The lowest BCUT2D eigenvalue weighted by atomic mass is 9.74. The van der Waals surface area contributed by atoms with Gasteiger partial charge in [0.25, 0.3) is 0 Å². The fourth-order valence-electron chi connectivity index (χ4n) is 4.37. The Morgan fingerprint density at radius 3 is 2.76 bits per heavy atom. The Labute approximate surface area is 168 Å². The number of aromatic nitrogens is 2. The van der Waals surface area contributed by atoms with Gasteiger partial charge in [0.2, 0.25) is 5.91 Å². The van der Waals surface area contributed by atoms with Gasteiger partial charge in [-0.3, -0.25) is 14.7 Å². The molecule has 2 aliphatic rings. The van der Waals surface area contributed by atoms with E-state index in [0.29, 0.717) is 25.3 Å². The normalized spacial score (nSPS) is 23.2. The van der Waals surface area contributed by atoms with Gasteiger partial charge < -0.3 is 10.1 Å². The van der Waals surface area contributed by atoms with Crippen LogP contribution in [-0.4, -0.2) is 21.9 Å². The summed E-state index contributed by atoms with van der Waals surface area (Å²) in [6.45, 7) is 0.453. The van der Waals surface area contributed by atoms with E-state index in [2.05, 4.69) is 15.5 Å². The molecule has 146 valence electrons. The van der Waals surface area contributed by atoms with E-state index in [1.54, 1.807) is 6.07 Å². The molecule has 0 saturated heterocycles. The number of amides is 1. The number of Topliss-reactive ketones (excluding diaryl/α,β-unsaturated/α-hetero) is 1. The molecule has 1 aliphatic carbocycles. The monoisotopic (exact) mass is 387 g/mol. The molecule has 2 heterocycles. The maximum absolute atomic E-state index is 13.0. The highest BCUT2D eigenvalue weighted by molar-refractivity contribution is 5.98. The summed E-state index contributed by atoms with van der Waals surface area (Å²) in [5.74, 6) is -0.100. The fourth-order valence-corrected chi connectivity index (χ4v) is 4.37. The Balaban J connectivity index is 1.27. The number of ether oxygens (including phenoxy) is 1. The standard InChI is InChI=1S/C23H21N3O3/c27-20-12-16(10-11-23(20)18-9-5-4-8-17(18)14-29-23)22(28)24-21-13-19(25-26-21)15-6-2-1-3-7-15/h1-9,13,16H,10-12,14H2,(H2,24,25,26,28). The molecule has 6 nitrogen and oxygen atoms in total. The van der Waals surface area contributed by atoms with Crippen molar-refractivity contribution >= 4 is 17.5 Å². The van der Waals surface area contributed by atoms with Gasteiger partial charge in [0.1, 0.15) is 0 Å².